The van der Waals surface area contributed by atoms with Crippen LogP contribution >= 0.6 is 11.6 Å². The Kier molecular flexibility index (Phi) is 5.95. The highest BCUT2D eigenvalue weighted by molar-refractivity contribution is 6.52. The van der Waals surface area contributed by atoms with Crippen LogP contribution in [0.1, 0.15) is 17.3 Å². The van der Waals surface area contributed by atoms with Crippen LogP contribution < -0.4 is 9.80 Å². The van der Waals surface area contributed by atoms with E-state index >= 15 is 0 Å². The van der Waals surface area contributed by atoms with Crippen LogP contribution in [0, 0.1) is 0 Å². The van der Waals surface area contributed by atoms with Gasteiger partial charge in [-0.1, -0.05) is 29.8 Å². The van der Waals surface area contributed by atoms with E-state index in [4.69, 9.17) is 16.3 Å². The minimum absolute atomic E-state index is 0.0763. The van der Waals surface area contributed by atoms with Gasteiger partial charge in [0, 0.05) is 31.9 Å². The number of para-hydroxylation sites is 1. The molecule has 160 valence electrons. The van der Waals surface area contributed by atoms with Crippen molar-refractivity contribution >= 4 is 40.8 Å². The third-order valence-electron chi connectivity index (χ3n) is 5.36. The Hall–Kier alpha value is -3.32. The molecule has 8 heteroatoms. The summed E-state index contributed by atoms with van der Waals surface area (Å²) in [4.78, 5) is 42.9. The molecule has 2 aromatic carbocycles. The van der Waals surface area contributed by atoms with Gasteiger partial charge in [-0.2, -0.15) is 0 Å². The summed E-state index contributed by atoms with van der Waals surface area (Å²) in [6, 6.07) is 16.2. The first-order valence-electron chi connectivity index (χ1n) is 10.1. The number of halogens is 1. The molecule has 2 aliphatic heterocycles. The molecule has 1 saturated heterocycles. The molecule has 7 nitrogen and oxygen atoms in total. The van der Waals surface area contributed by atoms with E-state index in [2.05, 4.69) is 4.90 Å². The minimum Gasteiger partial charge on any atom is -0.462 e. The molecule has 0 aliphatic carbocycles. The zero-order valence-corrected chi connectivity index (χ0v) is 17.8. The van der Waals surface area contributed by atoms with E-state index in [1.807, 2.05) is 35.2 Å². The fourth-order valence-corrected chi connectivity index (χ4v) is 4.07. The maximum atomic E-state index is 13.1. The van der Waals surface area contributed by atoms with Gasteiger partial charge < -0.3 is 14.5 Å². The minimum atomic E-state index is -0.559. The first-order valence-corrected chi connectivity index (χ1v) is 10.5. The molecule has 4 rings (SSSR count). The highest BCUT2D eigenvalue weighted by Gasteiger charge is 2.42. The molecule has 0 unspecified atom stereocenters. The lowest BCUT2D eigenvalue weighted by Crippen LogP contribution is -2.47. The summed E-state index contributed by atoms with van der Waals surface area (Å²) in [7, 11) is 0. The molecule has 2 amide bonds. The number of rotatable bonds is 5. The van der Waals surface area contributed by atoms with Crippen LogP contribution in [0.3, 0.4) is 0 Å². The van der Waals surface area contributed by atoms with E-state index < -0.39 is 17.8 Å². The summed E-state index contributed by atoms with van der Waals surface area (Å²) in [5, 5.41) is -0.0763. The van der Waals surface area contributed by atoms with E-state index in [-0.39, 0.29) is 17.3 Å². The number of anilines is 2. The summed E-state index contributed by atoms with van der Waals surface area (Å²) in [6.07, 6.45) is 0. The molecular formula is C23H22ClN3O4. The van der Waals surface area contributed by atoms with Crippen LogP contribution in [0.25, 0.3) is 0 Å². The smallest absolute Gasteiger partial charge is 0.338 e. The quantitative estimate of drug-likeness (QED) is 0.527. The molecular weight excluding hydrogens is 418 g/mol. The average Bonchev–Trinajstić information content (AvgIpc) is 3.03. The number of amides is 2. The van der Waals surface area contributed by atoms with Crippen molar-refractivity contribution in [1.29, 1.82) is 0 Å². The molecule has 0 bridgehead atoms. The second kappa shape index (κ2) is 8.81. The lowest BCUT2D eigenvalue weighted by atomic mass is 10.2. The highest BCUT2D eigenvalue weighted by atomic mass is 35.5. The van der Waals surface area contributed by atoms with Gasteiger partial charge in [0.15, 0.2) is 0 Å². The van der Waals surface area contributed by atoms with Crippen LogP contribution in [0.2, 0.25) is 0 Å². The number of esters is 1. The monoisotopic (exact) mass is 439 g/mol. The predicted molar refractivity (Wildman–Crippen MR) is 118 cm³/mol. The SMILES string of the molecule is CCOC(=O)c1ccc(N2C(=O)C(Cl)=C(N3CCN(c4ccccc4)CC3)C2=O)cc1. The van der Waals surface area contributed by atoms with Crippen LogP contribution in [0.5, 0.6) is 0 Å². The third kappa shape index (κ3) is 4.01. The van der Waals surface area contributed by atoms with Crippen molar-refractivity contribution < 1.29 is 19.1 Å². The number of ether oxygens (including phenoxy) is 1. The fraction of sp³-hybridized carbons (Fsp3) is 0.261. The largest absolute Gasteiger partial charge is 0.462 e. The number of hydrogen-bond donors (Lipinski definition) is 0. The summed E-state index contributed by atoms with van der Waals surface area (Å²) in [5.41, 5.74) is 2.06. The number of imide groups is 1. The van der Waals surface area contributed by atoms with Crippen LogP contribution in [-0.4, -0.2) is 55.5 Å². The summed E-state index contributed by atoms with van der Waals surface area (Å²) in [6.45, 7) is 4.58. The number of nitrogens with zero attached hydrogens (tertiary/aromatic N) is 3. The average molecular weight is 440 g/mol. The van der Waals surface area contributed by atoms with Gasteiger partial charge >= 0.3 is 5.97 Å². The molecule has 2 aromatic rings. The number of benzene rings is 2. The molecule has 2 aliphatic rings. The van der Waals surface area contributed by atoms with Gasteiger partial charge in [0.1, 0.15) is 10.7 Å². The Morgan fingerprint density at radius 1 is 0.871 bits per heavy atom. The second-order valence-electron chi connectivity index (χ2n) is 7.19. The van der Waals surface area contributed by atoms with Gasteiger partial charge in [-0.25, -0.2) is 9.69 Å². The van der Waals surface area contributed by atoms with Gasteiger partial charge in [-0.15, -0.1) is 0 Å². The Morgan fingerprint density at radius 3 is 2.10 bits per heavy atom. The van der Waals surface area contributed by atoms with Crippen molar-refractivity contribution in [2.24, 2.45) is 0 Å². The summed E-state index contributed by atoms with van der Waals surface area (Å²) < 4.78 is 4.96. The zero-order chi connectivity index (χ0) is 22.0. The van der Waals surface area contributed by atoms with Crippen molar-refractivity contribution in [2.45, 2.75) is 6.92 Å². The maximum absolute atomic E-state index is 13.1. The standard InChI is InChI=1S/C23H22ClN3O4/c1-2-31-23(30)16-8-10-18(11-9-16)27-21(28)19(24)20(22(27)29)26-14-12-25(13-15-26)17-6-4-3-5-7-17/h3-11H,2,12-15H2,1H3. The molecule has 31 heavy (non-hydrogen) atoms. The van der Waals surface area contributed by atoms with Crippen LogP contribution in [0.4, 0.5) is 11.4 Å². The molecule has 0 spiro atoms. The van der Waals surface area contributed by atoms with Crippen molar-refractivity contribution in [2.75, 3.05) is 42.6 Å². The van der Waals surface area contributed by atoms with E-state index in [1.54, 1.807) is 19.1 Å². The van der Waals surface area contributed by atoms with Gasteiger partial charge in [0.05, 0.1) is 17.9 Å². The first-order chi connectivity index (χ1) is 15.0. The molecule has 0 N–H and O–H groups in total. The molecule has 1 fully saturated rings. The van der Waals surface area contributed by atoms with E-state index in [0.717, 1.165) is 10.6 Å². The van der Waals surface area contributed by atoms with Gasteiger partial charge in [0.25, 0.3) is 11.8 Å². The van der Waals surface area contributed by atoms with E-state index in [1.165, 1.54) is 12.1 Å². The lowest BCUT2D eigenvalue weighted by Gasteiger charge is -2.37. The molecule has 0 atom stereocenters. The topological polar surface area (TPSA) is 70.2 Å². The van der Waals surface area contributed by atoms with E-state index in [0.29, 0.717) is 37.4 Å². The van der Waals surface area contributed by atoms with Gasteiger partial charge in [0.2, 0.25) is 0 Å². The number of carbonyl (C=O) groups excluding carboxylic acids is 3. The molecule has 0 aromatic heterocycles. The number of carbonyl (C=O) groups is 3. The molecule has 2 heterocycles. The second-order valence-corrected chi connectivity index (χ2v) is 7.56. The first kappa shape index (κ1) is 20.9. The fourth-order valence-electron chi connectivity index (χ4n) is 3.79. The normalized spacial score (nSPS) is 16.9. The van der Waals surface area contributed by atoms with Gasteiger partial charge in [-0.05, 0) is 43.3 Å². The Labute approximate surface area is 185 Å². The van der Waals surface area contributed by atoms with Crippen molar-refractivity contribution in [1.82, 2.24) is 4.90 Å². The van der Waals surface area contributed by atoms with Crippen molar-refractivity contribution in [3.05, 3.63) is 70.9 Å². The number of piperazine rings is 1. The molecule has 0 saturated carbocycles. The van der Waals surface area contributed by atoms with Crippen molar-refractivity contribution in [3.8, 4) is 0 Å². The zero-order valence-electron chi connectivity index (χ0n) is 17.1. The molecule has 0 radical (unpaired) electrons. The Morgan fingerprint density at radius 2 is 1.48 bits per heavy atom. The predicted octanol–water partition coefficient (Wildman–Crippen LogP) is 3.01. The highest BCUT2D eigenvalue weighted by Crippen LogP contribution is 2.32. The summed E-state index contributed by atoms with van der Waals surface area (Å²) >= 11 is 6.32. The van der Waals surface area contributed by atoms with Crippen molar-refractivity contribution in [3.63, 3.8) is 0 Å². The maximum Gasteiger partial charge on any atom is 0.338 e. The number of hydrogen-bond acceptors (Lipinski definition) is 6. The third-order valence-corrected chi connectivity index (χ3v) is 5.70. The summed E-state index contributed by atoms with van der Waals surface area (Å²) in [5.74, 6) is -1.47. The van der Waals surface area contributed by atoms with E-state index in [9.17, 15) is 14.4 Å². The van der Waals surface area contributed by atoms with Crippen LogP contribution in [0.15, 0.2) is 65.3 Å². The Balaban J connectivity index is 1.48. The van der Waals surface area contributed by atoms with Gasteiger partial charge in [-0.3, -0.25) is 9.59 Å². The lowest BCUT2D eigenvalue weighted by molar-refractivity contribution is -0.121. The Bertz CT molecular complexity index is 1030. The van der Waals surface area contributed by atoms with Crippen LogP contribution in [-0.2, 0) is 14.3 Å².